The number of anilines is 1. The van der Waals surface area contributed by atoms with Crippen molar-refractivity contribution in [1.82, 2.24) is 20.2 Å². The van der Waals surface area contributed by atoms with Crippen LogP contribution in [0.3, 0.4) is 0 Å². The summed E-state index contributed by atoms with van der Waals surface area (Å²) < 4.78 is 6.22. The van der Waals surface area contributed by atoms with Crippen molar-refractivity contribution in [3.05, 3.63) is 23.2 Å². The predicted molar refractivity (Wildman–Crippen MR) is 147 cm³/mol. The first-order valence-corrected chi connectivity index (χ1v) is 14.6. The van der Waals surface area contributed by atoms with Crippen molar-refractivity contribution in [3.63, 3.8) is 0 Å². The highest BCUT2D eigenvalue weighted by Crippen LogP contribution is 2.40. The second-order valence-corrected chi connectivity index (χ2v) is 12.0. The Balaban J connectivity index is 1.47. The monoisotopic (exact) mass is 524 g/mol. The summed E-state index contributed by atoms with van der Waals surface area (Å²) in [6, 6.07) is 2.54. The fourth-order valence-corrected chi connectivity index (χ4v) is 6.42. The van der Waals surface area contributed by atoms with Crippen LogP contribution in [0, 0.1) is 5.92 Å². The molecule has 3 N–H and O–H groups in total. The largest absolute Gasteiger partial charge is 0.476 e. The second-order valence-electron chi connectivity index (χ2n) is 12.0. The SMILES string of the molecule is CCC/C(C(=O)c1nc(OC[C@@H]2CCCN2C)cc(N2CC(C)NC3(CC3)C2)n1)=C(/N)[C@H]1CCCCC1=O. The highest BCUT2D eigenvalue weighted by molar-refractivity contribution is 6.07. The molecule has 1 spiro atoms. The molecule has 3 heterocycles. The molecular formula is C29H44N6O3. The van der Waals surface area contributed by atoms with Gasteiger partial charge in [0.1, 0.15) is 18.2 Å². The lowest BCUT2D eigenvalue weighted by molar-refractivity contribution is -0.123. The van der Waals surface area contributed by atoms with Gasteiger partial charge in [-0.15, -0.1) is 0 Å². The lowest BCUT2D eigenvalue weighted by Gasteiger charge is -2.39. The van der Waals surface area contributed by atoms with Crippen molar-refractivity contribution in [2.45, 2.75) is 95.7 Å². The van der Waals surface area contributed by atoms with E-state index in [0.29, 0.717) is 55.1 Å². The van der Waals surface area contributed by atoms with Crippen LogP contribution in [-0.4, -0.2) is 77.3 Å². The lowest BCUT2D eigenvalue weighted by Crippen LogP contribution is -2.57. The van der Waals surface area contributed by atoms with Crippen LogP contribution in [0.15, 0.2) is 17.3 Å². The minimum Gasteiger partial charge on any atom is -0.476 e. The van der Waals surface area contributed by atoms with Crippen LogP contribution in [0.4, 0.5) is 5.82 Å². The Hall–Kier alpha value is -2.52. The summed E-state index contributed by atoms with van der Waals surface area (Å²) in [6.45, 7) is 7.45. The van der Waals surface area contributed by atoms with Gasteiger partial charge in [-0.05, 0) is 65.5 Å². The van der Waals surface area contributed by atoms with Gasteiger partial charge in [0.15, 0.2) is 0 Å². The Labute approximate surface area is 226 Å². The van der Waals surface area contributed by atoms with Gasteiger partial charge in [-0.1, -0.05) is 19.8 Å². The molecule has 0 aromatic carbocycles. The number of nitrogens with one attached hydrogen (secondary N) is 1. The van der Waals surface area contributed by atoms with Gasteiger partial charge in [-0.2, -0.15) is 4.98 Å². The van der Waals surface area contributed by atoms with E-state index in [1.54, 1.807) is 0 Å². The standard InChI is InChI=1S/C29H44N6O3/c1-4-8-22(26(30)21-10-5-6-11-23(21)36)27(37)28-31-24(35-16-19(2)33-29(18-35)12-13-29)15-25(32-28)38-17-20-9-7-14-34(20)3/h15,19-21,33H,4-14,16-18,30H2,1-3H3/b26-22-/t19?,20-,21-/m0/s1. The van der Waals surface area contributed by atoms with Crippen molar-refractivity contribution in [1.29, 1.82) is 0 Å². The van der Waals surface area contributed by atoms with Crippen LogP contribution in [0.5, 0.6) is 5.88 Å². The van der Waals surface area contributed by atoms with Gasteiger partial charge < -0.3 is 25.6 Å². The number of nitrogens with two attached hydrogens (primary N) is 1. The van der Waals surface area contributed by atoms with Crippen LogP contribution < -0.4 is 20.7 Å². The molecule has 9 heteroatoms. The molecule has 1 aromatic rings. The van der Waals surface area contributed by atoms with Gasteiger partial charge in [0.05, 0.1) is 5.92 Å². The minimum absolute atomic E-state index is 0.114. The number of carbonyl (C=O) groups excluding carboxylic acids is 2. The number of Topliss-reactive ketones (excluding diaryl/α,β-unsaturated/α-hetero) is 2. The number of nitrogens with zero attached hydrogens (tertiary/aromatic N) is 4. The molecule has 1 aromatic heterocycles. The van der Waals surface area contributed by atoms with Crippen molar-refractivity contribution >= 4 is 17.4 Å². The quantitative estimate of drug-likeness (QED) is 0.371. The maximum atomic E-state index is 14.0. The van der Waals surface area contributed by atoms with E-state index in [-0.39, 0.29) is 28.8 Å². The van der Waals surface area contributed by atoms with Crippen LogP contribution >= 0.6 is 0 Å². The van der Waals surface area contributed by atoms with Crippen molar-refractivity contribution in [2.24, 2.45) is 11.7 Å². The van der Waals surface area contributed by atoms with E-state index in [1.807, 2.05) is 13.0 Å². The summed E-state index contributed by atoms with van der Waals surface area (Å²) in [5.41, 5.74) is 7.61. The van der Waals surface area contributed by atoms with Gasteiger partial charge in [-0.25, -0.2) is 4.98 Å². The highest BCUT2D eigenvalue weighted by atomic mass is 16.5. The number of allylic oxidation sites excluding steroid dienone is 2. The molecule has 0 amide bonds. The molecule has 0 radical (unpaired) electrons. The molecule has 2 saturated carbocycles. The third kappa shape index (κ3) is 5.88. The average molecular weight is 525 g/mol. The fraction of sp³-hybridized carbons (Fsp3) is 0.724. The van der Waals surface area contributed by atoms with E-state index in [4.69, 9.17) is 15.5 Å². The zero-order valence-corrected chi connectivity index (χ0v) is 23.3. The first kappa shape index (κ1) is 27.1. The molecule has 1 unspecified atom stereocenters. The van der Waals surface area contributed by atoms with Crippen molar-refractivity contribution in [2.75, 3.05) is 38.2 Å². The highest BCUT2D eigenvalue weighted by Gasteiger charge is 2.48. The number of likely N-dealkylation sites (N-methyl/N-ethyl adjacent to an activating group) is 1. The van der Waals surface area contributed by atoms with Gasteiger partial charge in [-0.3, -0.25) is 9.59 Å². The number of ether oxygens (including phenoxy) is 1. The summed E-state index contributed by atoms with van der Waals surface area (Å²) in [5.74, 6) is 0.743. The zero-order chi connectivity index (χ0) is 26.9. The van der Waals surface area contributed by atoms with Crippen LogP contribution in [0.2, 0.25) is 0 Å². The third-order valence-electron chi connectivity index (χ3n) is 8.76. The number of aromatic nitrogens is 2. The molecule has 9 nitrogen and oxygen atoms in total. The van der Waals surface area contributed by atoms with Crippen LogP contribution in [0.1, 0.15) is 88.7 Å². The Morgan fingerprint density at radius 3 is 2.74 bits per heavy atom. The van der Waals surface area contributed by atoms with Gasteiger partial charge in [0, 0.05) is 54.5 Å². The van der Waals surface area contributed by atoms with Gasteiger partial charge in [0.2, 0.25) is 17.5 Å². The van der Waals surface area contributed by atoms with Gasteiger partial charge >= 0.3 is 0 Å². The summed E-state index contributed by atoms with van der Waals surface area (Å²) in [4.78, 5) is 40.6. The van der Waals surface area contributed by atoms with E-state index in [0.717, 1.165) is 70.4 Å². The summed E-state index contributed by atoms with van der Waals surface area (Å²) in [5, 5.41) is 3.73. The molecule has 38 heavy (non-hydrogen) atoms. The molecule has 5 rings (SSSR count). The molecule has 208 valence electrons. The first-order chi connectivity index (χ1) is 18.3. The molecule has 4 fully saturated rings. The molecule has 3 atom stereocenters. The summed E-state index contributed by atoms with van der Waals surface area (Å²) in [7, 11) is 2.12. The normalized spacial score (nSPS) is 27.9. The van der Waals surface area contributed by atoms with Crippen molar-refractivity contribution in [3.8, 4) is 5.88 Å². The van der Waals surface area contributed by atoms with E-state index in [9.17, 15) is 9.59 Å². The first-order valence-electron chi connectivity index (χ1n) is 14.6. The predicted octanol–water partition coefficient (Wildman–Crippen LogP) is 3.24. The molecular weight excluding hydrogens is 480 g/mol. The van der Waals surface area contributed by atoms with E-state index in [2.05, 4.69) is 34.1 Å². The smallest absolute Gasteiger partial charge is 0.228 e. The number of likely N-dealkylation sites (tertiary alicyclic amines) is 1. The minimum atomic E-state index is -0.380. The molecule has 2 aliphatic carbocycles. The van der Waals surface area contributed by atoms with Crippen LogP contribution in [0.25, 0.3) is 0 Å². The van der Waals surface area contributed by atoms with E-state index in [1.165, 1.54) is 0 Å². The Bertz CT molecular complexity index is 1080. The van der Waals surface area contributed by atoms with E-state index >= 15 is 0 Å². The summed E-state index contributed by atoms with van der Waals surface area (Å²) in [6.07, 6.45) is 8.88. The topological polar surface area (TPSA) is 114 Å². The average Bonchev–Trinajstić information content (AvgIpc) is 3.50. The Morgan fingerprint density at radius 1 is 1.24 bits per heavy atom. The maximum Gasteiger partial charge on any atom is 0.228 e. The van der Waals surface area contributed by atoms with Crippen LogP contribution in [-0.2, 0) is 4.79 Å². The number of hydrogen-bond donors (Lipinski definition) is 2. The number of rotatable bonds is 9. The lowest BCUT2D eigenvalue weighted by atomic mass is 9.83. The zero-order valence-electron chi connectivity index (χ0n) is 23.3. The summed E-state index contributed by atoms with van der Waals surface area (Å²) >= 11 is 0. The van der Waals surface area contributed by atoms with E-state index < -0.39 is 0 Å². The number of carbonyl (C=O) groups is 2. The fourth-order valence-electron chi connectivity index (χ4n) is 6.42. The second kappa shape index (κ2) is 11.3. The van der Waals surface area contributed by atoms with Gasteiger partial charge in [0.25, 0.3) is 0 Å². The molecule has 2 aliphatic heterocycles. The number of ketones is 2. The number of piperazine rings is 1. The molecule has 4 aliphatic rings. The van der Waals surface area contributed by atoms with Crippen molar-refractivity contribution < 1.29 is 14.3 Å². The Kier molecular flexibility index (Phi) is 8.05. The molecule has 0 bridgehead atoms. The molecule has 2 saturated heterocycles. The maximum absolute atomic E-state index is 14.0. The Morgan fingerprint density at radius 2 is 2.05 bits per heavy atom. The third-order valence-corrected chi connectivity index (χ3v) is 8.76. The number of hydrogen-bond acceptors (Lipinski definition) is 9.